The van der Waals surface area contributed by atoms with Gasteiger partial charge in [-0.1, -0.05) is 39.0 Å². The molecule has 0 aromatic heterocycles. The van der Waals surface area contributed by atoms with E-state index in [0.29, 0.717) is 11.9 Å². The number of aliphatic hydroxyl groups excluding tert-OH is 1. The van der Waals surface area contributed by atoms with Gasteiger partial charge in [0.15, 0.2) is 0 Å². The predicted molar refractivity (Wildman–Crippen MR) is 81.4 cm³/mol. The van der Waals surface area contributed by atoms with Crippen LogP contribution in [-0.2, 0) is 4.79 Å². The Morgan fingerprint density at radius 1 is 1.28 bits per heavy atom. The van der Waals surface area contributed by atoms with E-state index in [1.165, 1.54) is 38.5 Å². The third kappa shape index (κ3) is 11.2. The number of hydrogen-bond donors (Lipinski definition) is 2. The standard InChI is InChI=1S/C11H22OS2.C2H4O2/c1-2-3-4-5-6-7-11-13-9-10(8-12)14-11;1-2(3)4/h10-12H,2-9H2,1H3;1H3,(H,3,4)/t10-,11-;/m1./s1. The molecular formula is C13H26O3S2. The third-order valence-electron chi connectivity index (χ3n) is 2.56. The van der Waals surface area contributed by atoms with Crippen LogP contribution in [0.15, 0.2) is 0 Å². The van der Waals surface area contributed by atoms with Crippen molar-refractivity contribution in [1.29, 1.82) is 0 Å². The van der Waals surface area contributed by atoms with Gasteiger partial charge in [0, 0.05) is 17.9 Å². The van der Waals surface area contributed by atoms with Crippen LogP contribution in [0.5, 0.6) is 0 Å². The molecule has 0 aromatic rings. The zero-order chi connectivity index (χ0) is 13.8. The van der Waals surface area contributed by atoms with Crippen molar-refractivity contribution in [3.8, 4) is 0 Å². The van der Waals surface area contributed by atoms with Gasteiger partial charge >= 0.3 is 0 Å². The molecule has 0 saturated carbocycles. The minimum absolute atomic E-state index is 0.365. The fraction of sp³-hybridized carbons (Fsp3) is 0.923. The smallest absolute Gasteiger partial charge is 0.300 e. The maximum Gasteiger partial charge on any atom is 0.300 e. The Morgan fingerprint density at radius 2 is 1.89 bits per heavy atom. The largest absolute Gasteiger partial charge is 0.481 e. The van der Waals surface area contributed by atoms with Crippen molar-refractivity contribution < 1.29 is 15.0 Å². The van der Waals surface area contributed by atoms with Crippen LogP contribution in [0.2, 0.25) is 0 Å². The van der Waals surface area contributed by atoms with E-state index >= 15 is 0 Å². The van der Waals surface area contributed by atoms with Crippen LogP contribution in [0.4, 0.5) is 0 Å². The summed E-state index contributed by atoms with van der Waals surface area (Å²) < 4.78 is 0.772. The molecule has 1 heterocycles. The number of hydrogen-bond acceptors (Lipinski definition) is 4. The van der Waals surface area contributed by atoms with E-state index in [2.05, 4.69) is 6.92 Å². The second kappa shape index (κ2) is 12.2. The van der Waals surface area contributed by atoms with Gasteiger partial charge < -0.3 is 10.2 Å². The van der Waals surface area contributed by atoms with Gasteiger partial charge in [0.1, 0.15) is 0 Å². The first kappa shape index (κ1) is 18.1. The minimum atomic E-state index is -0.833. The van der Waals surface area contributed by atoms with E-state index < -0.39 is 5.97 Å². The van der Waals surface area contributed by atoms with Gasteiger partial charge in [-0.2, -0.15) is 0 Å². The van der Waals surface area contributed by atoms with Crippen LogP contribution >= 0.6 is 23.5 Å². The average molecular weight is 294 g/mol. The molecule has 0 amide bonds. The molecule has 1 rings (SSSR count). The number of aliphatic carboxylic acids is 1. The first-order valence-corrected chi connectivity index (χ1v) is 8.66. The average Bonchev–Trinajstić information content (AvgIpc) is 2.76. The Balaban J connectivity index is 0.000000631. The molecule has 108 valence electrons. The number of carboxylic acid groups (broad SMARTS) is 1. The molecule has 0 bridgehead atoms. The third-order valence-corrected chi connectivity index (χ3v) is 5.95. The Hall–Kier alpha value is 0.130. The summed E-state index contributed by atoms with van der Waals surface area (Å²) in [4.78, 5) is 9.00. The lowest BCUT2D eigenvalue weighted by atomic mass is 10.1. The summed E-state index contributed by atoms with van der Waals surface area (Å²) in [6, 6.07) is 0. The van der Waals surface area contributed by atoms with Crippen molar-refractivity contribution >= 4 is 29.5 Å². The summed E-state index contributed by atoms with van der Waals surface area (Å²) in [6.45, 7) is 3.71. The summed E-state index contributed by atoms with van der Waals surface area (Å²) in [6.07, 6.45) is 8.25. The SMILES string of the molecule is CC(=O)O.CCCCCCC[C@@H]1SC[C@@H](CO)S1. The van der Waals surface area contributed by atoms with Crippen molar-refractivity contribution in [2.24, 2.45) is 0 Å². The quantitative estimate of drug-likeness (QED) is 0.703. The molecule has 1 aliphatic rings. The molecule has 5 heteroatoms. The molecule has 0 radical (unpaired) electrons. The highest BCUT2D eigenvalue weighted by Crippen LogP contribution is 2.40. The lowest BCUT2D eigenvalue weighted by molar-refractivity contribution is -0.134. The number of aliphatic hydroxyl groups is 1. The van der Waals surface area contributed by atoms with E-state index in [0.717, 1.165) is 17.3 Å². The zero-order valence-corrected chi connectivity index (χ0v) is 13.1. The summed E-state index contributed by atoms with van der Waals surface area (Å²) in [7, 11) is 0. The first-order valence-electron chi connectivity index (χ1n) is 6.67. The van der Waals surface area contributed by atoms with Crippen molar-refractivity contribution in [3.63, 3.8) is 0 Å². The van der Waals surface area contributed by atoms with Gasteiger partial charge in [0.25, 0.3) is 5.97 Å². The molecule has 0 unspecified atom stereocenters. The number of carboxylic acids is 1. The molecule has 0 aromatic carbocycles. The molecule has 2 N–H and O–H groups in total. The molecule has 0 aliphatic carbocycles. The maximum atomic E-state index is 9.00. The fourth-order valence-corrected chi connectivity index (χ4v) is 4.93. The fourth-order valence-electron chi connectivity index (χ4n) is 1.67. The lowest BCUT2D eigenvalue weighted by Crippen LogP contribution is -2.06. The van der Waals surface area contributed by atoms with Gasteiger partial charge in [0.2, 0.25) is 0 Å². The highest BCUT2D eigenvalue weighted by molar-refractivity contribution is 8.20. The molecule has 1 fully saturated rings. The minimum Gasteiger partial charge on any atom is -0.481 e. The number of carbonyl (C=O) groups is 1. The molecular weight excluding hydrogens is 268 g/mol. The highest BCUT2D eigenvalue weighted by Gasteiger charge is 2.24. The second-order valence-electron chi connectivity index (χ2n) is 4.43. The van der Waals surface area contributed by atoms with Gasteiger partial charge in [-0.15, -0.1) is 23.5 Å². The Labute approximate surface area is 119 Å². The Bertz CT molecular complexity index is 208. The predicted octanol–water partition coefficient (Wildman–Crippen LogP) is 3.60. The summed E-state index contributed by atoms with van der Waals surface area (Å²) in [5.41, 5.74) is 0. The van der Waals surface area contributed by atoms with Crippen LogP contribution < -0.4 is 0 Å². The monoisotopic (exact) mass is 294 g/mol. The molecule has 1 saturated heterocycles. The molecule has 2 atom stereocenters. The van der Waals surface area contributed by atoms with Crippen LogP contribution in [0.1, 0.15) is 52.4 Å². The van der Waals surface area contributed by atoms with Gasteiger partial charge in [-0.25, -0.2) is 0 Å². The maximum absolute atomic E-state index is 9.00. The van der Waals surface area contributed by atoms with E-state index in [1.807, 2.05) is 23.5 Å². The van der Waals surface area contributed by atoms with Gasteiger partial charge in [-0.3, -0.25) is 4.79 Å². The summed E-state index contributed by atoms with van der Waals surface area (Å²) in [5.74, 6) is 0.320. The van der Waals surface area contributed by atoms with Crippen molar-refractivity contribution in [3.05, 3.63) is 0 Å². The number of unbranched alkanes of at least 4 members (excludes halogenated alkanes) is 4. The molecule has 3 nitrogen and oxygen atoms in total. The highest BCUT2D eigenvalue weighted by atomic mass is 32.2. The molecule has 1 aliphatic heterocycles. The Morgan fingerprint density at radius 3 is 2.39 bits per heavy atom. The topological polar surface area (TPSA) is 57.5 Å². The van der Waals surface area contributed by atoms with Crippen LogP contribution in [-0.4, -0.2) is 38.4 Å². The number of thioether (sulfide) groups is 2. The van der Waals surface area contributed by atoms with E-state index in [-0.39, 0.29) is 0 Å². The Kier molecular flexibility index (Phi) is 12.3. The van der Waals surface area contributed by atoms with E-state index in [1.54, 1.807) is 0 Å². The lowest BCUT2D eigenvalue weighted by Gasteiger charge is -2.08. The van der Waals surface area contributed by atoms with Crippen LogP contribution in [0.3, 0.4) is 0 Å². The molecule has 0 spiro atoms. The van der Waals surface area contributed by atoms with Crippen LogP contribution in [0, 0.1) is 0 Å². The zero-order valence-electron chi connectivity index (χ0n) is 11.4. The first-order chi connectivity index (χ1) is 8.60. The van der Waals surface area contributed by atoms with Crippen molar-refractivity contribution in [2.75, 3.05) is 12.4 Å². The molecule has 18 heavy (non-hydrogen) atoms. The van der Waals surface area contributed by atoms with Gasteiger partial charge in [-0.05, 0) is 6.42 Å². The second-order valence-corrected chi connectivity index (χ2v) is 7.47. The van der Waals surface area contributed by atoms with Crippen LogP contribution in [0.25, 0.3) is 0 Å². The van der Waals surface area contributed by atoms with E-state index in [4.69, 9.17) is 15.0 Å². The number of rotatable bonds is 7. The normalized spacial score (nSPS) is 22.4. The van der Waals surface area contributed by atoms with E-state index in [9.17, 15) is 0 Å². The van der Waals surface area contributed by atoms with Crippen molar-refractivity contribution in [2.45, 2.75) is 62.2 Å². The summed E-state index contributed by atoms with van der Waals surface area (Å²) >= 11 is 4.03. The summed E-state index contributed by atoms with van der Waals surface area (Å²) in [5, 5.41) is 16.9. The van der Waals surface area contributed by atoms with Crippen molar-refractivity contribution in [1.82, 2.24) is 0 Å². The van der Waals surface area contributed by atoms with Gasteiger partial charge in [0.05, 0.1) is 11.2 Å².